The maximum Gasteiger partial charge on any atom is 0.321 e. The lowest BCUT2D eigenvalue weighted by molar-refractivity contribution is -0.204. The smallest absolute Gasteiger partial charge is 0.321 e. The summed E-state index contributed by atoms with van der Waals surface area (Å²) in [5.74, 6) is -0.170. The predicted octanol–water partition coefficient (Wildman–Crippen LogP) is 2.97. The van der Waals surface area contributed by atoms with Crippen molar-refractivity contribution in [3.05, 3.63) is 59.3 Å². The summed E-state index contributed by atoms with van der Waals surface area (Å²) in [7, 11) is 3.98. The number of nitrogens with one attached hydrogen (secondary N) is 2. The summed E-state index contributed by atoms with van der Waals surface area (Å²) in [6.45, 7) is 0.897. The molecule has 2 unspecified atom stereocenters. The number of aromatic hydroxyl groups is 1. The summed E-state index contributed by atoms with van der Waals surface area (Å²) in [4.78, 5) is 18.2. The van der Waals surface area contributed by atoms with Crippen molar-refractivity contribution in [3.63, 3.8) is 0 Å². The molecule has 0 amide bonds. The Labute approximate surface area is 215 Å². The molecule has 4 aliphatic rings. The zero-order chi connectivity index (χ0) is 25.5. The van der Waals surface area contributed by atoms with Crippen molar-refractivity contribution in [1.82, 2.24) is 15.2 Å². The highest BCUT2D eigenvalue weighted by molar-refractivity contribution is 5.84. The number of fused-ring (bicyclic) bond motifs is 1. The van der Waals surface area contributed by atoms with Crippen molar-refractivity contribution in [1.29, 1.82) is 0 Å². The van der Waals surface area contributed by atoms with Gasteiger partial charge >= 0.3 is 5.97 Å². The summed E-state index contributed by atoms with van der Waals surface area (Å²) >= 11 is 0. The molecule has 7 rings (SSSR count). The first-order valence-corrected chi connectivity index (χ1v) is 13.2. The van der Waals surface area contributed by atoms with E-state index < -0.39 is 23.0 Å². The number of phenols is 1. The second-order valence-electron chi connectivity index (χ2n) is 11.3. The first-order valence-electron chi connectivity index (χ1n) is 13.2. The molecular formula is C29H33N3O5. The van der Waals surface area contributed by atoms with Crippen LogP contribution in [0.4, 0.5) is 0 Å². The molecule has 1 spiro atoms. The van der Waals surface area contributed by atoms with E-state index in [-0.39, 0.29) is 23.9 Å². The lowest BCUT2D eigenvalue weighted by Crippen LogP contribution is -2.78. The molecule has 37 heavy (non-hydrogen) atoms. The number of carboxylic acids is 1. The largest absolute Gasteiger partial charge is 0.504 e. The number of carbonyl (C=O) groups is 1. The van der Waals surface area contributed by atoms with Crippen LogP contribution in [0.1, 0.15) is 36.0 Å². The van der Waals surface area contributed by atoms with Crippen molar-refractivity contribution in [2.45, 2.75) is 67.3 Å². The van der Waals surface area contributed by atoms with Crippen LogP contribution < -0.4 is 10.1 Å². The third kappa shape index (κ3) is 2.92. The highest BCUT2D eigenvalue weighted by atomic mass is 16.5. The van der Waals surface area contributed by atoms with E-state index in [0.717, 1.165) is 54.3 Å². The van der Waals surface area contributed by atoms with Gasteiger partial charge in [0.15, 0.2) is 11.5 Å². The Hall–Kier alpha value is -3.07. The van der Waals surface area contributed by atoms with E-state index in [9.17, 15) is 15.0 Å². The maximum atomic E-state index is 12.5. The number of carboxylic acid groups (broad SMARTS) is 1. The number of phenolic OH excluding ortho intramolecular Hbond substituents is 1. The lowest BCUT2D eigenvalue weighted by atomic mass is 9.48. The summed E-state index contributed by atoms with van der Waals surface area (Å²) in [6.07, 6.45) is 5.15. The van der Waals surface area contributed by atoms with E-state index in [4.69, 9.17) is 9.47 Å². The van der Waals surface area contributed by atoms with Crippen LogP contribution >= 0.6 is 0 Å². The van der Waals surface area contributed by atoms with Gasteiger partial charge in [0, 0.05) is 48.3 Å². The summed E-state index contributed by atoms with van der Waals surface area (Å²) in [5.41, 5.74) is 3.36. The minimum Gasteiger partial charge on any atom is -0.504 e. The number of piperidine rings is 1. The second-order valence-corrected chi connectivity index (χ2v) is 11.3. The van der Waals surface area contributed by atoms with Gasteiger partial charge in [-0.25, -0.2) is 0 Å². The highest BCUT2D eigenvalue weighted by Crippen LogP contribution is 2.66. The molecule has 0 radical (unpaired) electrons. The zero-order valence-electron chi connectivity index (χ0n) is 21.2. The average Bonchev–Trinajstić information content (AvgIpc) is 3.47. The van der Waals surface area contributed by atoms with E-state index in [0.29, 0.717) is 12.2 Å². The summed E-state index contributed by atoms with van der Waals surface area (Å²) in [6, 6.07) is 10.9. The molecule has 2 bridgehead atoms. The van der Waals surface area contributed by atoms with Crippen LogP contribution in [0.25, 0.3) is 10.9 Å². The standard InChI is InChI=1S/C29H33N3O5/c1-32-12-11-28-24-16-7-8-22(33)25(24)37-26(28)20(9-10-29(28,36-2)23(32)14-16)31-21(27(34)35)13-17-15-30-19-6-4-3-5-18(17)19/h3-8,15,20-21,23,26,30-31,33H,9-14H2,1-2H3,(H,34,35)/t20-,21+,23?,26+,28?,29-/m1/s1. The van der Waals surface area contributed by atoms with Crippen molar-refractivity contribution in [2.75, 3.05) is 20.7 Å². The van der Waals surface area contributed by atoms with Gasteiger partial charge in [-0.05, 0) is 62.5 Å². The predicted molar refractivity (Wildman–Crippen MR) is 138 cm³/mol. The van der Waals surface area contributed by atoms with Gasteiger partial charge in [0.25, 0.3) is 0 Å². The monoisotopic (exact) mass is 503 g/mol. The number of ether oxygens (including phenoxy) is 2. The Balaban J connectivity index is 1.28. The number of aromatic amines is 1. The number of hydrogen-bond acceptors (Lipinski definition) is 6. The molecule has 194 valence electrons. The molecule has 2 fully saturated rings. The number of H-pyrrole nitrogens is 1. The molecule has 8 heteroatoms. The number of nitrogens with zero attached hydrogens (tertiary/aromatic N) is 1. The van der Waals surface area contributed by atoms with Gasteiger partial charge < -0.3 is 29.6 Å². The highest BCUT2D eigenvalue weighted by Gasteiger charge is 2.73. The molecule has 4 N–H and O–H groups in total. The molecule has 3 aromatic rings. The number of likely N-dealkylation sites (tertiary alicyclic amines) is 1. The Kier molecular flexibility index (Phi) is 4.97. The van der Waals surface area contributed by atoms with E-state index in [1.807, 2.05) is 43.6 Å². The Morgan fingerprint density at radius 3 is 2.95 bits per heavy atom. The van der Waals surface area contributed by atoms with Crippen LogP contribution in [0.2, 0.25) is 0 Å². The number of likely N-dealkylation sites (N-methyl/N-ethyl adjacent to an activating group) is 1. The molecule has 2 aliphatic heterocycles. The van der Waals surface area contributed by atoms with Gasteiger partial charge in [0.1, 0.15) is 12.1 Å². The molecule has 2 aliphatic carbocycles. The minimum absolute atomic E-state index is 0.150. The SMILES string of the molecule is CO[C@@]12CC[C@@H](N[C@@H](Cc3c[nH]c4ccccc34)C(=O)O)[C@@H]3Oc4c(O)ccc5c4C31CCN(C)C2C5. The van der Waals surface area contributed by atoms with Gasteiger partial charge in [0.2, 0.25) is 0 Å². The van der Waals surface area contributed by atoms with E-state index in [1.165, 1.54) is 5.56 Å². The number of hydrogen-bond donors (Lipinski definition) is 4. The quantitative estimate of drug-likeness (QED) is 0.410. The van der Waals surface area contributed by atoms with Crippen molar-refractivity contribution < 1.29 is 24.5 Å². The number of rotatable bonds is 6. The lowest BCUT2D eigenvalue weighted by Gasteiger charge is -2.65. The van der Waals surface area contributed by atoms with Crippen LogP contribution in [-0.2, 0) is 27.8 Å². The number of methoxy groups -OCH3 is 1. The first-order chi connectivity index (χ1) is 17.9. The molecule has 1 saturated heterocycles. The number of para-hydroxylation sites is 1. The topological polar surface area (TPSA) is 107 Å². The minimum atomic E-state index is -0.879. The fourth-order valence-corrected chi connectivity index (χ4v) is 8.31. The first kappa shape index (κ1) is 23.1. The molecule has 1 aromatic heterocycles. The number of aromatic nitrogens is 1. The molecule has 1 saturated carbocycles. The van der Waals surface area contributed by atoms with Gasteiger partial charge in [-0.3, -0.25) is 10.1 Å². The van der Waals surface area contributed by atoms with Crippen LogP contribution in [0.15, 0.2) is 42.6 Å². The van der Waals surface area contributed by atoms with E-state index >= 15 is 0 Å². The van der Waals surface area contributed by atoms with Crippen LogP contribution in [0.3, 0.4) is 0 Å². The second kappa shape index (κ2) is 7.96. The van der Waals surface area contributed by atoms with E-state index in [1.54, 1.807) is 6.07 Å². The van der Waals surface area contributed by atoms with Crippen LogP contribution in [-0.4, -0.2) is 76.6 Å². The number of aliphatic carboxylic acids is 1. The number of benzene rings is 2. The summed E-state index contributed by atoms with van der Waals surface area (Å²) < 4.78 is 13.2. The Morgan fingerprint density at radius 2 is 2.14 bits per heavy atom. The molecule has 2 aromatic carbocycles. The van der Waals surface area contributed by atoms with Gasteiger partial charge in [0.05, 0.1) is 11.0 Å². The zero-order valence-corrected chi connectivity index (χ0v) is 21.2. The third-order valence-corrected chi connectivity index (χ3v) is 9.87. The summed E-state index contributed by atoms with van der Waals surface area (Å²) in [5, 5.41) is 25.7. The van der Waals surface area contributed by atoms with E-state index in [2.05, 4.69) is 22.2 Å². The fourth-order valence-electron chi connectivity index (χ4n) is 8.31. The molecular weight excluding hydrogens is 470 g/mol. The van der Waals surface area contributed by atoms with Crippen molar-refractivity contribution in [3.8, 4) is 11.5 Å². The van der Waals surface area contributed by atoms with Crippen LogP contribution in [0, 0.1) is 0 Å². The third-order valence-electron chi connectivity index (χ3n) is 9.87. The van der Waals surface area contributed by atoms with Crippen molar-refractivity contribution in [2.24, 2.45) is 0 Å². The molecule has 6 atom stereocenters. The fraction of sp³-hybridized carbons (Fsp3) is 0.483. The molecule has 3 heterocycles. The van der Waals surface area contributed by atoms with Gasteiger partial charge in [-0.2, -0.15) is 0 Å². The molecule has 8 nitrogen and oxygen atoms in total. The Bertz CT molecular complexity index is 1400. The maximum absolute atomic E-state index is 12.5. The average molecular weight is 504 g/mol. The van der Waals surface area contributed by atoms with Gasteiger partial charge in [-0.1, -0.05) is 24.3 Å². The normalized spacial score (nSPS) is 32.6. The Morgan fingerprint density at radius 1 is 1.30 bits per heavy atom. The van der Waals surface area contributed by atoms with Crippen LogP contribution in [0.5, 0.6) is 11.5 Å². The van der Waals surface area contributed by atoms with Gasteiger partial charge in [-0.15, -0.1) is 0 Å². The van der Waals surface area contributed by atoms with Crippen molar-refractivity contribution >= 4 is 16.9 Å².